The molecule has 8 heteroatoms. The first-order valence-corrected chi connectivity index (χ1v) is 8.66. The number of amides is 1. The molecule has 0 saturated carbocycles. The molecule has 0 aromatic carbocycles. The first kappa shape index (κ1) is 15.9. The topological polar surface area (TPSA) is 73.0 Å². The predicted molar refractivity (Wildman–Crippen MR) is 91.7 cm³/mol. The van der Waals surface area contributed by atoms with Crippen LogP contribution in [0.1, 0.15) is 21.9 Å². The van der Waals surface area contributed by atoms with Crippen LogP contribution in [-0.4, -0.2) is 20.8 Å². The van der Waals surface area contributed by atoms with Crippen molar-refractivity contribution in [2.75, 3.05) is 5.32 Å². The second-order valence-electron chi connectivity index (χ2n) is 5.13. The highest BCUT2D eigenvalue weighted by Gasteiger charge is 2.15. The lowest BCUT2D eigenvalue weighted by Gasteiger charge is -2.08. The highest BCUT2D eigenvalue weighted by Crippen LogP contribution is 2.22. The van der Waals surface area contributed by atoms with E-state index < -0.39 is 0 Å². The van der Waals surface area contributed by atoms with Crippen molar-refractivity contribution < 1.29 is 9.32 Å². The number of hydrogen-bond acceptors (Lipinski definition) is 5. The molecule has 1 amide bonds. The van der Waals surface area contributed by atoms with Gasteiger partial charge in [-0.1, -0.05) is 5.16 Å². The molecule has 120 valence electrons. The Morgan fingerprint density at radius 3 is 2.96 bits per heavy atom. The minimum Gasteiger partial charge on any atom is -0.361 e. The van der Waals surface area contributed by atoms with Gasteiger partial charge in [-0.2, -0.15) is 5.10 Å². The van der Waals surface area contributed by atoms with Gasteiger partial charge in [0.15, 0.2) is 0 Å². The summed E-state index contributed by atoms with van der Waals surface area (Å²) in [6, 6.07) is 3.83. The molecule has 3 rings (SSSR count). The van der Waals surface area contributed by atoms with Gasteiger partial charge >= 0.3 is 0 Å². The van der Waals surface area contributed by atoms with E-state index in [1.54, 1.807) is 28.3 Å². The number of thiophene rings is 1. The van der Waals surface area contributed by atoms with Gasteiger partial charge < -0.3 is 9.84 Å². The van der Waals surface area contributed by atoms with Crippen LogP contribution in [0.4, 0.5) is 5.82 Å². The standard InChI is InChI=1S/C15H15BrN4O2S/c1-9-13(10(2)22-19-9)6-15(21)18-14-3-4-17-20(14)7-12-5-11(16)8-23-12/h3-5,8H,6-7H2,1-2H3,(H,18,21). The number of aromatic nitrogens is 3. The number of carbonyl (C=O) groups excluding carboxylic acids is 1. The zero-order valence-corrected chi connectivity index (χ0v) is 15.1. The Kier molecular flexibility index (Phi) is 4.63. The van der Waals surface area contributed by atoms with Crippen LogP contribution in [0.2, 0.25) is 0 Å². The zero-order chi connectivity index (χ0) is 16.4. The fourth-order valence-electron chi connectivity index (χ4n) is 2.25. The number of hydrogen-bond donors (Lipinski definition) is 1. The molecule has 3 aromatic heterocycles. The van der Waals surface area contributed by atoms with Crippen molar-refractivity contribution in [3.8, 4) is 0 Å². The first-order chi connectivity index (χ1) is 11.0. The summed E-state index contributed by atoms with van der Waals surface area (Å²) in [7, 11) is 0. The van der Waals surface area contributed by atoms with E-state index >= 15 is 0 Å². The molecule has 0 spiro atoms. The molecule has 0 fully saturated rings. The van der Waals surface area contributed by atoms with Crippen molar-refractivity contribution in [3.05, 3.63) is 50.1 Å². The van der Waals surface area contributed by atoms with Crippen molar-refractivity contribution in [1.29, 1.82) is 0 Å². The molecule has 0 aliphatic heterocycles. The Morgan fingerprint density at radius 2 is 2.30 bits per heavy atom. The van der Waals surface area contributed by atoms with Gasteiger partial charge in [-0.05, 0) is 35.8 Å². The summed E-state index contributed by atoms with van der Waals surface area (Å²) < 4.78 is 7.90. The summed E-state index contributed by atoms with van der Waals surface area (Å²) in [4.78, 5) is 13.4. The number of nitrogens with one attached hydrogen (secondary N) is 1. The summed E-state index contributed by atoms with van der Waals surface area (Å²) in [5.74, 6) is 1.23. The fraction of sp³-hybridized carbons (Fsp3) is 0.267. The van der Waals surface area contributed by atoms with Gasteiger partial charge in [-0.3, -0.25) is 4.79 Å². The average Bonchev–Trinajstić information content (AvgIpc) is 3.18. The summed E-state index contributed by atoms with van der Waals surface area (Å²) >= 11 is 5.08. The second-order valence-corrected chi connectivity index (χ2v) is 7.04. The molecule has 0 aliphatic rings. The van der Waals surface area contributed by atoms with Crippen LogP contribution < -0.4 is 5.32 Å². The van der Waals surface area contributed by atoms with Crippen LogP contribution in [0.25, 0.3) is 0 Å². The van der Waals surface area contributed by atoms with Crippen molar-refractivity contribution in [3.63, 3.8) is 0 Å². The van der Waals surface area contributed by atoms with Gasteiger partial charge in [0.25, 0.3) is 0 Å². The van der Waals surface area contributed by atoms with Gasteiger partial charge in [0.2, 0.25) is 5.91 Å². The molecule has 0 unspecified atom stereocenters. The number of aryl methyl sites for hydroxylation is 2. The maximum atomic E-state index is 12.3. The van der Waals surface area contributed by atoms with E-state index in [1.165, 1.54) is 0 Å². The number of halogens is 1. The van der Waals surface area contributed by atoms with E-state index in [0.717, 1.165) is 20.6 Å². The van der Waals surface area contributed by atoms with Gasteiger partial charge in [0, 0.05) is 26.4 Å². The monoisotopic (exact) mass is 394 g/mol. The maximum absolute atomic E-state index is 12.3. The molecule has 0 radical (unpaired) electrons. The first-order valence-electron chi connectivity index (χ1n) is 6.99. The molecule has 0 bridgehead atoms. The summed E-state index contributed by atoms with van der Waals surface area (Å²) in [6.07, 6.45) is 1.91. The Bertz CT molecular complexity index is 817. The van der Waals surface area contributed by atoms with Gasteiger partial charge in [-0.15, -0.1) is 11.3 Å². The number of rotatable bonds is 5. The van der Waals surface area contributed by atoms with Crippen molar-refractivity contribution in [2.24, 2.45) is 0 Å². The van der Waals surface area contributed by atoms with Gasteiger partial charge in [-0.25, -0.2) is 4.68 Å². The highest BCUT2D eigenvalue weighted by molar-refractivity contribution is 9.10. The van der Waals surface area contributed by atoms with E-state index in [9.17, 15) is 4.79 Å². The lowest BCUT2D eigenvalue weighted by molar-refractivity contribution is -0.115. The Hall–Kier alpha value is -1.93. The molecule has 1 N–H and O–H groups in total. The number of nitrogens with zero attached hydrogens (tertiary/aromatic N) is 3. The predicted octanol–water partition coefficient (Wildman–Crippen LogP) is 3.54. The Balaban J connectivity index is 1.69. The minimum absolute atomic E-state index is 0.117. The van der Waals surface area contributed by atoms with Crippen molar-refractivity contribution >= 4 is 39.0 Å². The maximum Gasteiger partial charge on any atom is 0.230 e. The molecule has 3 heterocycles. The highest BCUT2D eigenvalue weighted by atomic mass is 79.9. The van der Waals surface area contributed by atoms with E-state index in [2.05, 4.69) is 31.5 Å². The molecule has 0 aliphatic carbocycles. The summed E-state index contributed by atoms with van der Waals surface area (Å²) in [6.45, 7) is 4.25. The lowest BCUT2D eigenvalue weighted by Crippen LogP contribution is -2.18. The lowest BCUT2D eigenvalue weighted by atomic mass is 10.1. The van der Waals surface area contributed by atoms with Crippen molar-refractivity contribution in [1.82, 2.24) is 14.9 Å². The SMILES string of the molecule is Cc1noc(C)c1CC(=O)Nc1ccnn1Cc1cc(Br)cs1. The van der Waals surface area contributed by atoms with Crippen LogP contribution >= 0.6 is 27.3 Å². The number of anilines is 1. The molecular formula is C15H15BrN4O2S. The van der Waals surface area contributed by atoms with E-state index in [1.807, 2.05) is 25.3 Å². The third kappa shape index (κ3) is 3.70. The van der Waals surface area contributed by atoms with Crippen LogP contribution in [0.3, 0.4) is 0 Å². The minimum atomic E-state index is -0.117. The number of carbonyl (C=O) groups is 1. The fourth-order valence-corrected chi connectivity index (χ4v) is 3.68. The second kappa shape index (κ2) is 6.67. The smallest absolute Gasteiger partial charge is 0.230 e. The normalized spacial score (nSPS) is 10.9. The molecule has 3 aromatic rings. The third-order valence-electron chi connectivity index (χ3n) is 3.43. The molecule has 6 nitrogen and oxygen atoms in total. The largest absolute Gasteiger partial charge is 0.361 e. The van der Waals surface area contributed by atoms with E-state index in [-0.39, 0.29) is 12.3 Å². The van der Waals surface area contributed by atoms with Gasteiger partial charge in [0.05, 0.1) is 24.9 Å². The third-order valence-corrected chi connectivity index (χ3v) is 5.11. The van der Waals surface area contributed by atoms with Crippen LogP contribution in [0.5, 0.6) is 0 Å². The van der Waals surface area contributed by atoms with E-state index in [4.69, 9.17) is 4.52 Å². The quantitative estimate of drug-likeness (QED) is 0.717. The molecule has 0 saturated heterocycles. The van der Waals surface area contributed by atoms with E-state index in [0.29, 0.717) is 18.1 Å². The molecule has 0 atom stereocenters. The average molecular weight is 395 g/mol. The Labute approximate surface area is 145 Å². The summed E-state index contributed by atoms with van der Waals surface area (Å²) in [5, 5.41) is 13.1. The summed E-state index contributed by atoms with van der Waals surface area (Å²) in [5.41, 5.74) is 1.57. The van der Waals surface area contributed by atoms with Crippen LogP contribution in [-0.2, 0) is 17.8 Å². The molecular weight excluding hydrogens is 380 g/mol. The van der Waals surface area contributed by atoms with Crippen LogP contribution in [0.15, 0.2) is 32.7 Å². The molecule has 23 heavy (non-hydrogen) atoms. The Morgan fingerprint density at radius 1 is 1.48 bits per heavy atom. The van der Waals surface area contributed by atoms with Crippen molar-refractivity contribution in [2.45, 2.75) is 26.8 Å². The van der Waals surface area contributed by atoms with Crippen LogP contribution in [0, 0.1) is 13.8 Å². The zero-order valence-electron chi connectivity index (χ0n) is 12.7. The van der Waals surface area contributed by atoms with Gasteiger partial charge in [0.1, 0.15) is 11.6 Å².